The Kier molecular flexibility index (Phi) is 6.47. The normalized spacial score (nSPS) is 14.6. The first kappa shape index (κ1) is 20.6. The van der Waals surface area contributed by atoms with Gasteiger partial charge in [0.1, 0.15) is 5.82 Å². The number of amides is 1. The maximum atomic E-state index is 13.3. The molecule has 0 radical (unpaired) electrons. The van der Waals surface area contributed by atoms with E-state index in [4.69, 9.17) is 0 Å². The number of para-hydroxylation sites is 1. The van der Waals surface area contributed by atoms with E-state index in [2.05, 4.69) is 4.98 Å². The molecule has 0 N–H and O–H groups in total. The molecule has 0 bridgehead atoms. The Morgan fingerprint density at radius 1 is 1.00 bits per heavy atom. The van der Waals surface area contributed by atoms with Crippen LogP contribution in [0.1, 0.15) is 31.2 Å². The summed E-state index contributed by atoms with van der Waals surface area (Å²) in [5.74, 6) is 0.00630. The lowest BCUT2D eigenvalue weighted by atomic mass is 10.2. The third kappa shape index (κ3) is 4.73. The van der Waals surface area contributed by atoms with Crippen molar-refractivity contribution in [2.24, 2.45) is 0 Å². The molecule has 1 fully saturated rings. The molecule has 7 heteroatoms. The van der Waals surface area contributed by atoms with Crippen LogP contribution in [0.25, 0.3) is 10.9 Å². The molecule has 4 rings (SSSR count). The predicted molar refractivity (Wildman–Crippen MR) is 117 cm³/mol. The number of likely N-dealkylation sites (tertiary alicyclic amines) is 1. The molecule has 1 aliphatic rings. The first-order chi connectivity index (χ1) is 14.6. The zero-order valence-corrected chi connectivity index (χ0v) is 17.5. The molecule has 1 aromatic heterocycles. The molecule has 0 unspecified atom stereocenters. The highest BCUT2D eigenvalue weighted by Gasteiger charge is 2.18. The summed E-state index contributed by atoms with van der Waals surface area (Å²) in [6.07, 6.45) is 4.42. The summed E-state index contributed by atoms with van der Waals surface area (Å²) in [6, 6.07) is 13.3. The van der Waals surface area contributed by atoms with Crippen molar-refractivity contribution in [1.29, 1.82) is 0 Å². The maximum absolute atomic E-state index is 13.3. The fourth-order valence-electron chi connectivity index (χ4n) is 3.71. The van der Waals surface area contributed by atoms with Gasteiger partial charge >= 0.3 is 0 Å². The van der Waals surface area contributed by atoms with Crippen LogP contribution in [0.15, 0.2) is 58.5 Å². The van der Waals surface area contributed by atoms with Crippen molar-refractivity contribution in [3.8, 4) is 0 Å². The van der Waals surface area contributed by atoms with Crippen LogP contribution < -0.4 is 5.56 Å². The summed E-state index contributed by atoms with van der Waals surface area (Å²) in [6.45, 7) is 1.87. The number of halogens is 1. The quantitative estimate of drug-likeness (QED) is 0.457. The first-order valence-corrected chi connectivity index (χ1v) is 11.2. The van der Waals surface area contributed by atoms with Crippen molar-refractivity contribution in [3.63, 3.8) is 0 Å². The monoisotopic (exact) mass is 425 g/mol. The lowest BCUT2D eigenvalue weighted by Crippen LogP contribution is -2.33. The van der Waals surface area contributed by atoms with Crippen molar-refractivity contribution >= 4 is 28.6 Å². The molecular weight excluding hydrogens is 401 g/mol. The van der Waals surface area contributed by atoms with Gasteiger partial charge in [-0.25, -0.2) is 9.37 Å². The molecule has 1 amide bonds. The number of aromatic nitrogens is 2. The molecule has 5 nitrogen and oxygen atoms in total. The Morgan fingerprint density at radius 3 is 2.43 bits per heavy atom. The number of hydrogen-bond acceptors (Lipinski definition) is 4. The number of benzene rings is 2. The van der Waals surface area contributed by atoms with Crippen molar-refractivity contribution in [1.82, 2.24) is 14.5 Å². The molecule has 30 heavy (non-hydrogen) atoms. The lowest BCUT2D eigenvalue weighted by molar-refractivity contribution is -0.128. The van der Waals surface area contributed by atoms with Crippen molar-refractivity contribution in [2.75, 3.05) is 18.8 Å². The molecular formula is C23H24FN3O2S. The molecule has 2 heterocycles. The summed E-state index contributed by atoms with van der Waals surface area (Å²) in [5, 5.41) is 1.04. The lowest BCUT2D eigenvalue weighted by Gasteiger charge is -2.20. The number of nitrogens with zero attached hydrogens (tertiary/aromatic N) is 3. The van der Waals surface area contributed by atoms with Crippen LogP contribution in [0.5, 0.6) is 0 Å². The zero-order chi connectivity index (χ0) is 20.9. The van der Waals surface area contributed by atoms with E-state index in [9.17, 15) is 14.0 Å². The van der Waals surface area contributed by atoms with E-state index >= 15 is 0 Å². The van der Waals surface area contributed by atoms with Crippen molar-refractivity contribution in [2.45, 2.75) is 37.4 Å². The SMILES string of the molecule is O=C(CSc1nc2ccccc2c(=O)n1Cc1ccc(F)cc1)N1CCCCCC1. The summed E-state index contributed by atoms with van der Waals surface area (Å²) >= 11 is 1.29. The van der Waals surface area contributed by atoms with Crippen LogP contribution in [0.3, 0.4) is 0 Å². The molecule has 0 aliphatic carbocycles. The van der Waals surface area contributed by atoms with Crippen LogP contribution in [0.4, 0.5) is 4.39 Å². The van der Waals surface area contributed by atoms with Gasteiger partial charge in [-0.15, -0.1) is 0 Å². The molecule has 3 aromatic rings. The largest absolute Gasteiger partial charge is 0.342 e. The number of carbonyl (C=O) groups is 1. The van der Waals surface area contributed by atoms with Gasteiger partial charge in [-0.2, -0.15) is 0 Å². The molecule has 1 saturated heterocycles. The molecule has 1 aliphatic heterocycles. The van der Waals surface area contributed by atoms with E-state index in [1.54, 1.807) is 28.8 Å². The average Bonchev–Trinajstić information content (AvgIpc) is 3.05. The van der Waals surface area contributed by atoms with E-state index in [0.29, 0.717) is 16.1 Å². The first-order valence-electron chi connectivity index (χ1n) is 10.3. The standard InChI is InChI=1S/C23H24FN3O2S/c24-18-11-9-17(10-12-18)15-27-22(29)19-7-3-4-8-20(19)25-23(27)30-16-21(28)26-13-5-1-2-6-14-26/h3-4,7-12H,1-2,5-6,13-16H2. The topological polar surface area (TPSA) is 55.2 Å². The molecule has 2 aromatic carbocycles. The Morgan fingerprint density at radius 2 is 1.70 bits per heavy atom. The van der Waals surface area contributed by atoms with E-state index in [1.165, 1.54) is 36.7 Å². The minimum atomic E-state index is -0.319. The fraction of sp³-hybridized carbons (Fsp3) is 0.348. The Hall–Kier alpha value is -2.67. The third-order valence-corrected chi connectivity index (χ3v) is 6.33. The van der Waals surface area contributed by atoms with Crippen LogP contribution >= 0.6 is 11.8 Å². The van der Waals surface area contributed by atoms with Gasteiger partial charge in [0.25, 0.3) is 5.56 Å². The average molecular weight is 426 g/mol. The highest BCUT2D eigenvalue weighted by atomic mass is 32.2. The van der Waals surface area contributed by atoms with E-state index in [0.717, 1.165) is 31.5 Å². The van der Waals surface area contributed by atoms with Crippen molar-refractivity contribution in [3.05, 3.63) is 70.3 Å². The fourth-order valence-corrected chi connectivity index (χ4v) is 4.61. The summed E-state index contributed by atoms with van der Waals surface area (Å²) in [7, 11) is 0. The van der Waals surface area contributed by atoms with Gasteiger partial charge in [0.15, 0.2) is 5.16 Å². The van der Waals surface area contributed by atoms with Crippen LogP contribution in [0, 0.1) is 5.82 Å². The van der Waals surface area contributed by atoms with Gasteiger partial charge in [0.05, 0.1) is 23.2 Å². The summed E-state index contributed by atoms with van der Waals surface area (Å²) < 4.78 is 14.9. The minimum Gasteiger partial charge on any atom is -0.342 e. The second kappa shape index (κ2) is 9.43. The number of carbonyl (C=O) groups excluding carboxylic acids is 1. The van der Waals surface area contributed by atoms with Gasteiger partial charge in [-0.1, -0.05) is 48.9 Å². The van der Waals surface area contributed by atoms with Gasteiger partial charge in [0, 0.05) is 13.1 Å². The molecule has 0 saturated carbocycles. The Bertz CT molecular complexity index is 1090. The summed E-state index contributed by atoms with van der Waals surface area (Å²) in [4.78, 5) is 32.5. The smallest absolute Gasteiger partial charge is 0.262 e. The van der Waals surface area contributed by atoms with Crippen molar-refractivity contribution < 1.29 is 9.18 Å². The van der Waals surface area contributed by atoms with Crippen LogP contribution in [-0.4, -0.2) is 39.2 Å². The zero-order valence-electron chi connectivity index (χ0n) is 16.7. The van der Waals surface area contributed by atoms with E-state index < -0.39 is 0 Å². The van der Waals surface area contributed by atoms with Crippen LogP contribution in [0.2, 0.25) is 0 Å². The minimum absolute atomic E-state index is 0.0811. The van der Waals surface area contributed by atoms with E-state index in [1.807, 2.05) is 17.0 Å². The molecule has 0 spiro atoms. The Labute approximate surface area is 178 Å². The number of rotatable bonds is 5. The Balaban J connectivity index is 1.62. The highest BCUT2D eigenvalue weighted by molar-refractivity contribution is 7.99. The number of fused-ring (bicyclic) bond motifs is 1. The second-order valence-electron chi connectivity index (χ2n) is 7.51. The molecule has 0 atom stereocenters. The van der Waals surface area contributed by atoms with Gasteiger partial charge in [0.2, 0.25) is 5.91 Å². The predicted octanol–water partition coefficient (Wildman–Crippen LogP) is 4.08. The second-order valence-corrected chi connectivity index (χ2v) is 8.46. The van der Waals surface area contributed by atoms with Gasteiger partial charge < -0.3 is 4.90 Å². The molecule has 156 valence electrons. The highest BCUT2D eigenvalue weighted by Crippen LogP contribution is 2.20. The van der Waals surface area contributed by atoms with Crippen LogP contribution in [-0.2, 0) is 11.3 Å². The third-order valence-electron chi connectivity index (χ3n) is 5.36. The maximum Gasteiger partial charge on any atom is 0.262 e. The van der Waals surface area contributed by atoms with Gasteiger partial charge in [-0.05, 0) is 42.7 Å². The van der Waals surface area contributed by atoms with Gasteiger partial charge in [-0.3, -0.25) is 14.2 Å². The number of thioether (sulfide) groups is 1. The van der Waals surface area contributed by atoms with E-state index in [-0.39, 0.29) is 29.6 Å². The number of hydrogen-bond donors (Lipinski definition) is 0. The summed E-state index contributed by atoms with van der Waals surface area (Å²) in [5.41, 5.74) is 1.26.